The van der Waals surface area contributed by atoms with Crippen molar-refractivity contribution < 1.29 is 19.1 Å². The molecule has 7 nitrogen and oxygen atoms in total. The highest BCUT2D eigenvalue weighted by molar-refractivity contribution is 5.83. The molecule has 1 N–H and O–H groups in total. The minimum Gasteiger partial charge on any atom is -0.454 e. The topological polar surface area (TPSA) is 71.1 Å². The number of amides is 2. The molecule has 1 aromatic carbocycles. The average Bonchev–Trinajstić information content (AvgIpc) is 3.10. The molecule has 0 spiro atoms. The van der Waals surface area contributed by atoms with Crippen LogP contribution in [-0.2, 0) is 16.1 Å². The lowest BCUT2D eigenvalue weighted by molar-refractivity contribution is -0.139. The standard InChI is InChI=1S/C18H23N3O4/c22-17-4-2-14(10-19-17)18(23)21-7-5-20(6-8-21)11-13-1-3-15-16(9-13)25-12-24-15/h1,3,9,14H,2,4-8,10-12H2,(H,19,22). The number of benzene rings is 1. The Hall–Kier alpha value is -2.28. The maximum Gasteiger partial charge on any atom is 0.231 e. The van der Waals surface area contributed by atoms with Crippen LogP contribution in [-0.4, -0.2) is 61.1 Å². The summed E-state index contributed by atoms with van der Waals surface area (Å²) in [6, 6.07) is 6.05. The number of nitrogens with zero attached hydrogens (tertiary/aromatic N) is 2. The van der Waals surface area contributed by atoms with Gasteiger partial charge in [-0.25, -0.2) is 0 Å². The van der Waals surface area contributed by atoms with Crippen LogP contribution < -0.4 is 14.8 Å². The summed E-state index contributed by atoms with van der Waals surface area (Å²) in [5.74, 6) is 1.79. The van der Waals surface area contributed by atoms with Crippen molar-refractivity contribution in [2.75, 3.05) is 39.5 Å². The fraction of sp³-hybridized carbons (Fsp3) is 0.556. The molecule has 0 bridgehead atoms. The van der Waals surface area contributed by atoms with Crippen molar-refractivity contribution in [1.82, 2.24) is 15.1 Å². The second-order valence-corrected chi connectivity index (χ2v) is 6.83. The Kier molecular flexibility index (Phi) is 4.48. The Bertz CT molecular complexity index is 660. The van der Waals surface area contributed by atoms with Crippen molar-refractivity contribution in [2.24, 2.45) is 5.92 Å². The number of nitrogens with one attached hydrogen (secondary N) is 1. The van der Waals surface area contributed by atoms with E-state index < -0.39 is 0 Å². The lowest BCUT2D eigenvalue weighted by Gasteiger charge is -2.37. The molecule has 1 aromatic rings. The Morgan fingerprint density at radius 2 is 1.96 bits per heavy atom. The first-order chi connectivity index (χ1) is 12.2. The highest BCUT2D eigenvalue weighted by Crippen LogP contribution is 2.32. The summed E-state index contributed by atoms with van der Waals surface area (Å²) in [6.45, 7) is 4.83. The van der Waals surface area contributed by atoms with Crippen LogP contribution in [0.25, 0.3) is 0 Å². The van der Waals surface area contributed by atoms with E-state index in [1.807, 2.05) is 17.0 Å². The first kappa shape index (κ1) is 16.2. The largest absolute Gasteiger partial charge is 0.454 e. The smallest absolute Gasteiger partial charge is 0.231 e. The van der Waals surface area contributed by atoms with Crippen molar-refractivity contribution in [3.63, 3.8) is 0 Å². The molecule has 1 unspecified atom stereocenters. The van der Waals surface area contributed by atoms with Gasteiger partial charge in [-0.15, -0.1) is 0 Å². The second-order valence-electron chi connectivity index (χ2n) is 6.83. The van der Waals surface area contributed by atoms with Crippen LogP contribution in [0, 0.1) is 5.92 Å². The lowest BCUT2D eigenvalue weighted by Crippen LogP contribution is -2.52. The number of hydrogen-bond acceptors (Lipinski definition) is 5. The minimum absolute atomic E-state index is 0.0533. The summed E-state index contributed by atoms with van der Waals surface area (Å²) in [6.07, 6.45) is 1.13. The van der Waals surface area contributed by atoms with Gasteiger partial charge < -0.3 is 19.7 Å². The van der Waals surface area contributed by atoms with Crippen molar-refractivity contribution in [3.8, 4) is 11.5 Å². The van der Waals surface area contributed by atoms with Crippen LogP contribution in [0.1, 0.15) is 18.4 Å². The van der Waals surface area contributed by atoms with Crippen LogP contribution in [0.5, 0.6) is 11.5 Å². The number of piperidine rings is 1. The van der Waals surface area contributed by atoms with E-state index in [1.54, 1.807) is 0 Å². The van der Waals surface area contributed by atoms with Gasteiger partial charge >= 0.3 is 0 Å². The molecule has 3 aliphatic rings. The van der Waals surface area contributed by atoms with E-state index in [0.717, 1.165) is 44.2 Å². The SMILES string of the molecule is O=C1CCC(C(=O)N2CCN(Cc3ccc4c(c3)OCO4)CC2)CN1. The van der Waals surface area contributed by atoms with E-state index >= 15 is 0 Å². The summed E-state index contributed by atoms with van der Waals surface area (Å²) in [4.78, 5) is 28.1. The van der Waals surface area contributed by atoms with E-state index in [4.69, 9.17) is 9.47 Å². The molecule has 4 rings (SSSR count). The van der Waals surface area contributed by atoms with Gasteiger partial charge in [0, 0.05) is 45.7 Å². The van der Waals surface area contributed by atoms with E-state index in [-0.39, 0.29) is 17.7 Å². The first-order valence-electron chi connectivity index (χ1n) is 8.85. The second kappa shape index (κ2) is 6.92. The number of piperazine rings is 1. The zero-order chi connectivity index (χ0) is 17.2. The maximum atomic E-state index is 12.6. The minimum atomic E-state index is -0.0573. The molecular formula is C18H23N3O4. The molecule has 3 heterocycles. The van der Waals surface area contributed by atoms with Crippen molar-refractivity contribution in [3.05, 3.63) is 23.8 Å². The zero-order valence-corrected chi connectivity index (χ0v) is 14.2. The van der Waals surface area contributed by atoms with Crippen LogP contribution in [0.3, 0.4) is 0 Å². The molecule has 0 aromatic heterocycles. The van der Waals surface area contributed by atoms with Crippen LogP contribution in [0.15, 0.2) is 18.2 Å². The third-order valence-electron chi connectivity index (χ3n) is 5.14. The van der Waals surface area contributed by atoms with Crippen molar-refractivity contribution >= 4 is 11.8 Å². The number of ether oxygens (including phenoxy) is 2. The van der Waals surface area contributed by atoms with Crippen molar-refractivity contribution in [2.45, 2.75) is 19.4 Å². The third kappa shape index (κ3) is 3.56. The Balaban J connectivity index is 1.28. The maximum absolute atomic E-state index is 12.6. The predicted molar refractivity (Wildman–Crippen MR) is 90.2 cm³/mol. The molecule has 25 heavy (non-hydrogen) atoms. The normalized spacial score (nSPS) is 23.4. The summed E-state index contributed by atoms with van der Waals surface area (Å²) in [5.41, 5.74) is 1.19. The summed E-state index contributed by atoms with van der Waals surface area (Å²) >= 11 is 0. The first-order valence-corrected chi connectivity index (χ1v) is 8.85. The zero-order valence-electron chi connectivity index (χ0n) is 14.2. The third-order valence-corrected chi connectivity index (χ3v) is 5.14. The van der Waals surface area contributed by atoms with Gasteiger partial charge in [-0.05, 0) is 24.1 Å². The van der Waals surface area contributed by atoms with Crippen molar-refractivity contribution in [1.29, 1.82) is 0 Å². The van der Waals surface area contributed by atoms with Gasteiger partial charge in [0.15, 0.2) is 11.5 Å². The highest BCUT2D eigenvalue weighted by atomic mass is 16.7. The van der Waals surface area contributed by atoms with Crippen LogP contribution in [0.2, 0.25) is 0 Å². The molecule has 1 atom stereocenters. The number of hydrogen-bond donors (Lipinski definition) is 1. The van der Waals surface area contributed by atoms with E-state index in [0.29, 0.717) is 26.2 Å². The number of fused-ring (bicyclic) bond motifs is 1. The molecule has 134 valence electrons. The molecule has 2 saturated heterocycles. The molecular weight excluding hydrogens is 322 g/mol. The molecule has 3 aliphatic heterocycles. The summed E-state index contributed by atoms with van der Waals surface area (Å²) in [7, 11) is 0. The quantitative estimate of drug-likeness (QED) is 0.868. The summed E-state index contributed by atoms with van der Waals surface area (Å²) < 4.78 is 10.8. The lowest BCUT2D eigenvalue weighted by atomic mass is 9.97. The fourth-order valence-corrected chi connectivity index (χ4v) is 3.63. The monoisotopic (exact) mass is 345 g/mol. The van der Waals surface area contributed by atoms with E-state index in [2.05, 4.69) is 16.3 Å². The Morgan fingerprint density at radius 1 is 1.16 bits per heavy atom. The molecule has 0 radical (unpaired) electrons. The Morgan fingerprint density at radius 3 is 2.72 bits per heavy atom. The van der Waals surface area contributed by atoms with Gasteiger partial charge in [0.25, 0.3) is 0 Å². The molecule has 7 heteroatoms. The Labute approximate surface area is 146 Å². The van der Waals surface area contributed by atoms with Gasteiger partial charge in [0.05, 0.1) is 5.92 Å². The molecule has 2 amide bonds. The number of rotatable bonds is 3. The van der Waals surface area contributed by atoms with Gasteiger partial charge in [-0.2, -0.15) is 0 Å². The molecule has 2 fully saturated rings. The molecule has 0 aliphatic carbocycles. The highest BCUT2D eigenvalue weighted by Gasteiger charge is 2.30. The van der Waals surface area contributed by atoms with E-state index in [9.17, 15) is 9.59 Å². The van der Waals surface area contributed by atoms with Crippen LogP contribution in [0.4, 0.5) is 0 Å². The fourth-order valence-electron chi connectivity index (χ4n) is 3.63. The van der Waals surface area contributed by atoms with Gasteiger partial charge in [0.2, 0.25) is 18.6 Å². The summed E-state index contributed by atoms with van der Waals surface area (Å²) in [5, 5.41) is 2.80. The predicted octanol–water partition coefficient (Wildman–Crippen LogP) is 0.586. The number of carbonyl (C=O) groups excluding carboxylic acids is 2. The van der Waals surface area contributed by atoms with Crippen LogP contribution >= 0.6 is 0 Å². The molecule has 0 saturated carbocycles. The number of carbonyl (C=O) groups is 2. The van der Waals surface area contributed by atoms with Gasteiger partial charge in [-0.1, -0.05) is 6.07 Å². The van der Waals surface area contributed by atoms with E-state index in [1.165, 1.54) is 5.56 Å². The van der Waals surface area contributed by atoms with Gasteiger partial charge in [0.1, 0.15) is 0 Å². The average molecular weight is 345 g/mol. The van der Waals surface area contributed by atoms with Gasteiger partial charge in [-0.3, -0.25) is 14.5 Å².